The first kappa shape index (κ1) is 10.7. The molecule has 0 bridgehead atoms. The van der Waals surface area contributed by atoms with Crippen molar-refractivity contribution in [1.29, 1.82) is 0 Å². The van der Waals surface area contributed by atoms with Crippen molar-refractivity contribution in [3.63, 3.8) is 0 Å². The van der Waals surface area contributed by atoms with E-state index in [-0.39, 0.29) is 0 Å². The number of nitrogens with one attached hydrogen (secondary N) is 1. The number of aryl methyl sites for hydroxylation is 1. The molecule has 0 spiro atoms. The normalized spacial score (nSPS) is 10.4. The van der Waals surface area contributed by atoms with Crippen molar-refractivity contribution < 1.29 is 9.53 Å². The minimum absolute atomic E-state index is 0.347. The van der Waals surface area contributed by atoms with Crippen LogP contribution >= 0.6 is 11.3 Å². The van der Waals surface area contributed by atoms with Gasteiger partial charge in [-0.05, 0) is 30.9 Å². The third-order valence-electron chi connectivity index (χ3n) is 1.51. The molecule has 0 aromatic carbocycles. The topological polar surface area (TPSA) is 50.7 Å². The summed E-state index contributed by atoms with van der Waals surface area (Å²) in [4.78, 5) is 11.8. The first-order valence-electron chi connectivity index (χ1n) is 4.24. The zero-order valence-corrected chi connectivity index (χ0v) is 8.93. The van der Waals surface area contributed by atoms with Gasteiger partial charge in [0.1, 0.15) is 0 Å². The Labute approximate surface area is 86.6 Å². The van der Waals surface area contributed by atoms with Crippen LogP contribution in [0.15, 0.2) is 16.5 Å². The minimum atomic E-state index is -0.530. The predicted octanol–water partition coefficient (Wildman–Crippen LogP) is 2.14. The predicted molar refractivity (Wildman–Crippen MR) is 56.8 cm³/mol. The number of rotatable bonds is 3. The molecule has 0 fully saturated rings. The summed E-state index contributed by atoms with van der Waals surface area (Å²) in [6.07, 6.45) is 1.08. The van der Waals surface area contributed by atoms with Gasteiger partial charge in [-0.1, -0.05) is 0 Å². The smallest absolute Gasteiger partial charge is 0.427 e. The van der Waals surface area contributed by atoms with E-state index in [9.17, 15) is 4.79 Å². The van der Waals surface area contributed by atoms with Crippen LogP contribution in [0.25, 0.3) is 0 Å². The lowest BCUT2D eigenvalue weighted by Crippen LogP contribution is -2.18. The Kier molecular flexibility index (Phi) is 4.12. The van der Waals surface area contributed by atoms with Crippen molar-refractivity contribution in [3.8, 4) is 0 Å². The zero-order valence-electron chi connectivity index (χ0n) is 8.11. The van der Waals surface area contributed by atoms with E-state index in [1.807, 2.05) is 18.4 Å². The highest BCUT2D eigenvalue weighted by molar-refractivity contribution is 7.11. The van der Waals surface area contributed by atoms with Crippen LogP contribution in [0, 0.1) is 6.92 Å². The highest BCUT2D eigenvalue weighted by Gasteiger charge is 1.97. The average Bonchev–Trinajstić information content (AvgIpc) is 2.52. The standard InChI is InChI=1S/C9H12N2O2S/c1-3-13-9(12)11-10-6-8-7(2)4-5-14-8/h4-6H,3H2,1-2H3,(H,11,12). The molecule has 0 aliphatic carbocycles. The van der Waals surface area contributed by atoms with Gasteiger partial charge >= 0.3 is 6.09 Å². The minimum Gasteiger partial charge on any atom is -0.449 e. The third-order valence-corrected chi connectivity index (χ3v) is 2.47. The van der Waals surface area contributed by atoms with Crippen LogP contribution in [0.2, 0.25) is 0 Å². The van der Waals surface area contributed by atoms with Crippen LogP contribution in [-0.2, 0) is 4.74 Å². The van der Waals surface area contributed by atoms with E-state index in [2.05, 4.69) is 15.3 Å². The Balaban J connectivity index is 2.42. The van der Waals surface area contributed by atoms with Crippen LogP contribution in [-0.4, -0.2) is 18.9 Å². The van der Waals surface area contributed by atoms with Gasteiger partial charge in [0, 0.05) is 4.88 Å². The highest BCUT2D eigenvalue weighted by atomic mass is 32.1. The molecule has 1 aromatic heterocycles. The number of amides is 1. The van der Waals surface area contributed by atoms with E-state index in [0.29, 0.717) is 6.61 Å². The number of thiophene rings is 1. The first-order chi connectivity index (χ1) is 6.74. The van der Waals surface area contributed by atoms with Crippen LogP contribution in [0.5, 0.6) is 0 Å². The van der Waals surface area contributed by atoms with E-state index in [0.717, 1.165) is 10.4 Å². The quantitative estimate of drug-likeness (QED) is 0.616. The lowest BCUT2D eigenvalue weighted by Gasteiger charge is -1.97. The van der Waals surface area contributed by atoms with Gasteiger partial charge in [-0.3, -0.25) is 0 Å². The Bertz CT molecular complexity index is 333. The highest BCUT2D eigenvalue weighted by Crippen LogP contribution is 2.12. The Morgan fingerprint density at radius 1 is 1.79 bits per heavy atom. The lowest BCUT2D eigenvalue weighted by molar-refractivity contribution is 0.152. The Morgan fingerprint density at radius 3 is 3.14 bits per heavy atom. The van der Waals surface area contributed by atoms with Gasteiger partial charge in [-0.15, -0.1) is 11.3 Å². The number of ether oxygens (including phenoxy) is 1. The fourth-order valence-electron chi connectivity index (χ4n) is 0.824. The van der Waals surface area contributed by atoms with E-state index in [1.54, 1.807) is 24.5 Å². The zero-order chi connectivity index (χ0) is 10.4. The molecular formula is C9H12N2O2S. The summed E-state index contributed by atoms with van der Waals surface area (Å²) in [6, 6.07) is 2.00. The number of hydrogen-bond donors (Lipinski definition) is 1. The molecule has 1 rings (SSSR count). The van der Waals surface area contributed by atoms with Crippen molar-refractivity contribution in [2.24, 2.45) is 5.10 Å². The second kappa shape index (κ2) is 5.39. The van der Waals surface area contributed by atoms with Gasteiger partial charge in [0.2, 0.25) is 0 Å². The molecular weight excluding hydrogens is 200 g/mol. The Morgan fingerprint density at radius 2 is 2.57 bits per heavy atom. The number of carbonyl (C=O) groups excluding carboxylic acids is 1. The Hall–Kier alpha value is -1.36. The second-order valence-corrected chi connectivity index (χ2v) is 3.51. The van der Waals surface area contributed by atoms with E-state index in [1.165, 1.54) is 0 Å². The van der Waals surface area contributed by atoms with Gasteiger partial charge in [0.05, 0.1) is 12.8 Å². The molecule has 5 heteroatoms. The summed E-state index contributed by atoms with van der Waals surface area (Å²) in [5.74, 6) is 0. The molecule has 1 heterocycles. The second-order valence-electron chi connectivity index (χ2n) is 2.56. The summed E-state index contributed by atoms with van der Waals surface area (Å²) in [7, 11) is 0. The maximum atomic E-state index is 10.8. The maximum Gasteiger partial charge on any atom is 0.427 e. The van der Waals surface area contributed by atoms with E-state index >= 15 is 0 Å². The number of carbonyl (C=O) groups is 1. The molecule has 76 valence electrons. The fourth-order valence-corrected chi connectivity index (χ4v) is 1.61. The number of hydrazone groups is 1. The SMILES string of the molecule is CCOC(=O)NN=Cc1sccc1C. The van der Waals surface area contributed by atoms with Crippen LogP contribution in [0.3, 0.4) is 0 Å². The van der Waals surface area contributed by atoms with Crippen LogP contribution in [0.1, 0.15) is 17.4 Å². The molecule has 14 heavy (non-hydrogen) atoms. The summed E-state index contributed by atoms with van der Waals surface area (Å²) in [5.41, 5.74) is 3.41. The number of nitrogens with zero attached hydrogens (tertiary/aromatic N) is 1. The third kappa shape index (κ3) is 3.18. The van der Waals surface area contributed by atoms with Gasteiger partial charge in [-0.2, -0.15) is 5.10 Å². The molecule has 0 saturated heterocycles. The molecule has 4 nitrogen and oxygen atoms in total. The molecule has 0 unspecified atom stereocenters. The molecule has 0 aliphatic heterocycles. The number of hydrogen-bond acceptors (Lipinski definition) is 4. The summed E-state index contributed by atoms with van der Waals surface area (Å²) in [6.45, 7) is 4.08. The van der Waals surface area contributed by atoms with Gasteiger partial charge < -0.3 is 4.74 Å². The fraction of sp³-hybridized carbons (Fsp3) is 0.333. The molecule has 1 N–H and O–H groups in total. The molecule has 1 amide bonds. The molecule has 0 atom stereocenters. The van der Waals surface area contributed by atoms with Crippen molar-refractivity contribution >= 4 is 23.6 Å². The van der Waals surface area contributed by atoms with E-state index in [4.69, 9.17) is 0 Å². The largest absolute Gasteiger partial charge is 0.449 e. The monoisotopic (exact) mass is 212 g/mol. The molecule has 0 saturated carbocycles. The summed E-state index contributed by atoms with van der Waals surface area (Å²) in [5, 5.41) is 5.73. The molecule has 0 radical (unpaired) electrons. The first-order valence-corrected chi connectivity index (χ1v) is 5.12. The van der Waals surface area contributed by atoms with Gasteiger partial charge in [0.15, 0.2) is 0 Å². The van der Waals surface area contributed by atoms with Crippen molar-refractivity contribution in [1.82, 2.24) is 5.43 Å². The molecule has 1 aromatic rings. The average molecular weight is 212 g/mol. The van der Waals surface area contributed by atoms with Crippen molar-refractivity contribution in [3.05, 3.63) is 21.9 Å². The van der Waals surface area contributed by atoms with E-state index < -0.39 is 6.09 Å². The van der Waals surface area contributed by atoms with Crippen molar-refractivity contribution in [2.75, 3.05) is 6.61 Å². The van der Waals surface area contributed by atoms with Crippen LogP contribution in [0.4, 0.5) is 4.79 Å². The summed E-state index contributed by atoms with van der Waals surface area (Å²) >= 11 is 1.57. The van der Waals surface area contributed by atoms with Crippen molar-refractivity contribution in [2.45, 2.75) is 13.8 Å². The molecule has 0 aliphatic rings. The van der Waals surface area contributed by atoms with Gasteiger partial charge in [-0.25, -0.2) is 10.2 Å². The summed E-state index contributed by atoms with van der Waals surface area (Å²) < 4.78 is 4.63. The maximum absolute atomic E-state index is 10.8. The van der Waals surface area contributed by atoms with Crippen LogP contribution < -0.4 is 5.43 Å². The van der Waals surface area contributed by atoms with Gasteiger partial charge in [0.25, 0.3) is 0 Å². The lowest BCUT2D eigenvalue weighted by atomic mass is 10.3.